The molecule has 0 N–H and O–H groups in total. The predicted octanol–water partition coefficient (Wildman–Crippen LogP) is 2.93. The molecule has 2 heteroatoms. The van der Waals surface area contributed by atoms with Crippen LogP contribution in [0.4, 0.5) is 0 Å². The average Bonchev–Trinajstić information content (AvgIpc) is 1.98. The Balaban J connectivity index is 2.79. The molecule has 0 atom stereocenters. The van der Waals surface area contributed by atoms with Crippen LogP contribution >= 0.6 is 0 Å². The summed E-state index contributed by atoms with van der Waals surface area (Å²) in [7, 11) is 0. The molecule has 0 spiro atoms. The van der Waals surface area contributed by atoms with Gasteiger partial charge < -0.3 is 4.74 Å². The van der Waals surface area contributed by atoms with Gasteiger partial charge in [-0.2, -0.15) is 0 Å². The van der Waals surface area contributed by atoms with Crippen LogP contribution in [0, 0.1) is 10.8 Å². The van der Waals surface area contributed by atoms with Crippen molar-refractivity contribution < 1.29 is 9.53 Å². The predicted molar refractivity (Wildman–Crippen MR) is 56.9 cm³/mol. The van der Waals surface area contributed by atoms with Gasteiger partial charge in [-0.25, -0.2) is 4.79 Å². The van der Waals surface area contributed by atoms with Crippen molar-refractivity contribution in [1.29, 1.82) is 0 Å². The molecular weight excluding hydrogens is 176 g/mol. The fraction of sp³-hybridized carbons (Fsp3) is 0.750. The fourth-order valence-electron chi connectivity index (χ4n) is 2.80. The van der Waals surface area contributed by atoms with E-state index in [0.29, 0.717) is 6.61 Å². The SMILES string of the molecule is CCOC(=O)C=C1C(C)(C)CC1(C)C. The van der Waals surface area contributed by atoms with E-state index in [1.165, 1.54) is 5.57 Å². The molecule has 1 aliphatic carbocycles. The maximum absolute atomic E-state index is 11.3. The van der Waals surface area contributed by atoms with Crippen molar-refractivity contribution in [2.45, 2.75) is 41.0 Å². The van der Waals surface area contributed by atoms with Gasteiger partial charge in [0.2, 0.25) is 0 Å². The summed E-state index contributed by atoms with van der Waals surface area (Å²) in [6.07, 6.45) is 2.80. The monoisotopic (exact) mass is 196 g/mol. The Bertz CT molecular complexity index is 256. The Morgan fingerprint density at radius 1 is 1.36 bits per heavy atom. The molecule has 1 rings (SSSR count). The van der Waals surface area contributed by atoms with Crippen LogP contribution < -0.4 is 0 Å². The summed E-state index contributed by atoms with van der Waals surface area (Å²) in [5, 5.41) is 0. The molecule has 0 heterocycles. The summed E-state index contributed by atoms with van der Waals surface area (Å²) in [6, 6.07) is 0. The summed E-state index contributed by atoms with van der Waals surface area (Å²) >= 11 is 0. The number of hydrogen-bond acceptors (Lipinski definition) is 2. The Hall–Kier alpha value is -0.790. The van der Waals surface area contributed by atoms with Crippen LogP contribution in [0.5, 0.6) is 0 Å². The molecule has 0 aromatic heterocycles. The second kappa shape index (κ2) is 3.41. The zero-order valence-corrected chi connectivity index (χ0v) is 9.81. The molecule has 1 fully saturated rings. The molecule has 0 aliphatic heterocycles. The van der Waals surface area contributed by atoms with Crippen molar-refractivity contribution in [2.24, 2.45) is 10.8 Å². The molecule has 0 radical (unpaired) electrons. The van der Waals surface area contributed by atoms with Crippen LogP contribution in [0.2, 0.25) is 0 Å². The van der Waals surface area contributed by atoms with Gasteiger partial charge in [-0.05, 0) is 24.2 Å². The van der Waals surface area contributed by atoms with Gasteiger partial charge in [-0.3, -0.25) is 0 Å². The van der Waals surface area contributed by atoms with Crippen LogP contribution in [-0.4, -0.2) is 12.6 Å². The maximum atomic E-state index is 11.3. The van der Waals surface area contributed by atoms with Gasteiger partial charge in [-0.1, -0.05) is 33.3 Å². The van der Waals surface area contributed by atoms with Gasteiger partial charge in [0.1, 0.15) is 0 Å². The van der Waals surface area contributed by atoms with E-state index in [9.17, 15) is 4.79 Å². The van der Waals surface area contributed by atoms with Crippen molar-refractivity contribution >= 4 is 5.97 Å². The number of allylic oxidation sites excluding steroid dienone is 1. The number of rotatable bonds is 2. The highest BCUT2D eigenvalue weighted by atomic mass is 16.5. The first-order chi connectivity index (χ1) is 6.29. The number of hydrogen-bond donors (Lipinski definition) is 0. The first-order valence-corrected chi connectivity index (χ1v) is 5.19. The molecule has 0 bridgehead atoms. The molecule has 0 saturated heterocycles. The topological polar surface area (TPSA) is 26.3 Å². The number of ether oxygens (including phenoxy) is 1. The third-order valence-corrected chi connectivity index (χ3v) is 2.89. The molecule has 14 heavy (non-hydrogen) atoms. The molecule has 0 amide bonds. The van der Waals surface area contributed by atoms with Gasteiger partial charge in [0.15, 0.2) is 0 Å². The van der Waals surface area contributed by atoms with Gasteiger partial charge in [0.05, 0.1) is 6.61 Å². The molecule has 0 aromatic carbocycles. The standard InChI is InChI=1S/C12H20O2/c1-6-14-10(13)7-9-11(2,3)8-12(9,4)5/h7H,6,8H2,1-5H3. The van der Waals surface area contributed by atoms with E-state index >= 15 is 0 Å². The molecule has 80 valence electrons. The Morgan fingerprint density at radius 2 is 1.86 bits per heavy atom. The molecule has 1 saturated carbocycles. The number of esters is 1. The zero-order chi connectivity index (χ0) is 11.0. The van der Waals surface area contributed by atoms with Crippen molar-refractivity contribution in [1.82, 2.24) is 0 Å². The van der Waals surface area contributed by atoms with E-state index in [-0.39, 0.29) is 16.8 Å². The number of carbonyl (C=O) groups excluding carboxylic acids is 1. The van der Waals surface area contributed by atoms with Crippen LogP contribution in [0.1, 0.15) is 41.0 Å². The van der Waals surface area contributed by atoms with E-state index < -0.39 is 0 Å². The quantitative estimate of drug-likeness (QED) is 0.501. The highest BCUT2D eigenvalue weighted by Gasteiger charge is 2.47. The minimum absolute atomic E-state index is 0.163. The first kappa shape index (κ1) is 11.3. The van der Waals surface area contributed by atoms with E-state index in [1.807, 2.05) is 6.92 Å². The number of carbonyl (C=O) groups is 1. The summed E-state index contributed by atoms with van der Waals surface area (Å²) in [4.78, 5) is 11.3. The fourth-order valence-corrected chi connectivity index (χ4v) is 2.80. The molecular formula is C12H20O2. The average molecular weight is 196 g/mol. The highest BCUT2D eigenvalue weighted by molar-refractivity contribution is 5.83. The van der Waals surface area contributed by atoms with Gasteiger partial charge in [0, 0.05) is 6.08 Å². The summed E-state index contributed by atoms with van der Waals surface area (Å²) in [5.74, 6) is -0.205. The molecule has 0 unspecified atom stereocenters. The van der Waals surface area contributed by atoms with E-state index in [2.05, 4.69) is 27.7 Å². The van der Waals surface area contributed by atoms with Crippen molar-refractivity contribution in [3.05, 3.63) is 11.6 Å². The largest absolute Gasteiger partial charge is 0.463 e. The van der Waals surface area contributed by atoms with E-state index in [0.717, 1.165) is 6.42 Å². The Morgan fingerprint density at radius 3 is 2.21 bits per heavy atom. The van der Waals surface area contributed by atoms with Crippen molar-refractivity contribution in [2.75, 3.05) is 6.61 Å². The van der Waals surface area contributed by atoms with E-state index in [4.69, 9.17) is 4.74 Å². The minimum Gasteiger partial charge on any atom is -0.463 e. The van der Waals surface area contributed by atoms with Gasteiger partial charge in [0.25, 0.3) is 0 Å². The lowest BCUT2D eigenvalue weighted by molar-refractivity contribution is -0.137. The Kier molecular flexibility index (Phi) is 2.75. The lowest BCUT2D eigenvalue weighted by Gasteiger charge is -2.52. The highest BCUT2D eigenvalue weighted by Crippen LogP contribution is 2.58. The first-order valence-electron chi connectivity index (χ1n) is 5.19. The minimum atomic E-state index is -0.205. The van der Waals surface area contributed by atoms with E-state index in [1.54, 1.807) is 6.08 Å². The summed E-state index contributed by atoms with van der Waals surface area (Å²) in [6.45, 7) is 11.0. The smallest absolute Gasteiger partial charge is 0.330 e. The van der Waals surface area contributed by atoms with Gasteiger partial charge >= 0.3 is 5.97 Å². The second-order valence-corrected chi connectivity index (χ2v) is 5.25. The van der Waals surface area contributed by atoms with Crippen molar-refractivity contribution in [3.63, 3.8) is 0 Å². The van der Waals surface area contributed by atoms with Crippen LogP contribution in [0.25, 0.3) is 0 Å². The zero-order valence-electron chi connectivity index (χ0n) is 9.81. The normalized spacial score (nSPS) is 22.5. The lowest BCUT2D eigenvalue weighted by Crippen LogP contribution is -2.42. The van der Waals surface area contributed by atoms with Crippen LogP contribution in [-0.2, 0) is 9.53 Å². The second-order valence-electron chi connectivity index (χ2n) is 5.25. The third-order valence-electron chi connectivity index (χ3n) is 2.89. The Labute approximate surface area is 86.3 Å². The third kappa shape index (κ3) is 1.99. The van der Waals surface area contributed by atoms with Crippen LogP contribution in [0.15, 0.2) is 11.6 Å². The van der Waals surface area contributed by atoms with Crippen LogP contribution in [0.3, 0.4) is 0 Å². The summed E-state index contributed by atoms with van der Waals surface area (Å²) in [5.41, 5.74) is 1.54. The molecule has 0 aromatic rings. The summed E-state index contributed by atoms with van der Waals surface area (Å²) < 4.78 is 4.92. The lowest BCUT2D eigenvalue weighted by atomic mass is 9.52. The van der Waals surface area contributed by atoms with Gasteiger partial charge in [-0.15, -0.1) is 0 Å². The maximum Gasteiger partial charge on any atom is 0.330 e. The molecule has 1 aliphatic rings. The molecule has 2 nitrogen and oxygen atoms in total. The van der Waals surface area contributed by atoms with Crippen molar-refractivity contribution in [3.8, 4) is 0 Å².